The first-order valence-corrected chi connectivity index (χ1v) is 5.75. The highest BCUT2D eigenvalue weighted by molar-refractivity contribution is 5.75. The molecule has 4 nitrogen and oxygen atoms in total. The topological polar surface area (TPSA) is 60.7 Å². The predicted octanol–water partition coefficient (Wildman–Crippen LogP) is 1.32. The Morgan fingerprint density at radius 3 is 2.81 bits per heavy atom. The number of pyridine rings is 1. The minimum absolute atomic E-state index is 0.0685. The Kier molecular flexibility index (Phi) is 2.29. The van der Waals surface area contributed by atoms with Crippen LogP contribution in [0.1, 0.15) is 24.3 Å². The number of rotatable bonds is 1. The van der Waals surface area contributed by atoms with E-state index in [0.29, 0.717) is 5.92 Å². The highest BCUT2D eigenvalue weighted by atomic mass is 16.1. The number of piperidine rings is 1. The van der Waals surface area contributed by atoms with Crippen LogP contribution in [0.2, 0.25) is 0 Å². The number of aromatic amines is 2. The standard InChI is InChI=1S/C12H15N3O/c16-12-9(8-1-4-13-5-2-8)7-11-10(15-12)3-6-14-11/h3,6-8,13-14H,1-2,4-5H2,(H,15,16). The van der Waals surface area contributed by atoms with Crippen LogP contribution >= 0.6 is 0 Å². The minimum atomic E-state index is 0.0685. The fourth-order valence-corrected chi connectivity index (χ4v) is 2.46. The Hall–Kier alpha value is -1.55. The zero-order valence-corrected chi connectivity index (χ0v) is 9.05. The summed E-state index contributed by atoms with van der Waals surface area (Å²) in [7, 11) is 0. The van der Waals surface area contributed by atoms with Gasteiger partial charge in [0.1, 0.15) is 0 Å². The van der Waals surface area contributed by atoms with E-state index in [0.717, 1.165) is 42.5 Å². The third-order valence-electron chi connectivity index (χ3n) is 3.37. The van der Waals surface area contributed by atoms with E-state index in [1.807, 2.05) is 18.3 Å². The van der Waals surface area contributed by atoms with Crippen molar-refractivity contribution in [2.75, 3.05) is 13.1 Å². The summed E-state index contributed by atoms with van der Waals surface area (Å²) < 4.78 is 0. The van der Waals surface area contributed by atoms with Gasteiger partial charge in [0.2, 0.25) is 0 Å². The molecule has 0 unspecified atom stereocenters. The highest BCUT2D eigenvalue weighted by Gasteiger charge is 2.18. The van der Waals surface area contributed by atoms with Gasteiger partial charge in [-0.15, -0.1) is 0 Å². The molecule has 1 saturated heterocycles. The van der Waals surface area contributed by atoms with Crippen LogP contribution in [-0.2, 0) is 0 Å². The van der Waals surface area contributed by atoms with Crippen LogP contribution in [0.3, 0.4) is 0 Å². The number of H-pyrrole nitrogens is 2. The monoisotopic (exact) mass is 217 g/mol. The third kappa shape index (κ3) is 1.55. The van der Waals surface area contributed by atoms with E-state index in [1.165, 1.54) is 0 Å². The van der Waals surface area contributed by atoms with Gasteiger partial charge in [0.05, 0.1) is 11.0 Å². The molecule has 0 amide bonds. The Morgan fingerprint density at radius 1 is 1.19 bits per heavy atom. The lowest BCUT2D eigenvalue weighted by Crippen LogP contribution is -2.29. The molecule has 1 aliphatic rings. The SMILES string of the molecule is O=c1[nH]c2cc[nH]c2cc1C1CCNCC1. The average Bonchev–Trinajstić information content (AvgIpc) is 2.76. The van der Waals surface area contributed by atoms with Gasteiger partial charge in [0.15, 0.2) is 0 Å². The average molecular weight is 217 g/mol. The Bertz CT molecular complexity index is 549. The second-order valence-corrected chi connectivity index (χ2v) is 4.38. The molecule has 2 aromatic heterocycles. The van der Waals surface area contributed by atoms with Crippen molar-refractivity contribution in [3.8, 4) is 0 Å². The maximum Gasteiger partial charge on any atom is 0.252 e. The molecule has 0 bridgehead atoms. The summed E-state index contributed by atoms with van der Waals surface area (Å²) in [6, 6.07) is 3.90. The molecule has 3 heterocycles. The van der Waals surface area contributed by atoms with Crippen molar-refractivity contribution in [3.63, 3.8) is 0 Å². The van der Waals surface area contributed by atoms with Crippen molar-refractivity contribution in [3.05, 3.63) is 34.2 Å². The van der Waals surface area contributed by atoms with E-state index in [9.17, 15) is 4.79 Å². The fraction of sp³-hybridized carbons (Fsp3) is 0.417. The molecule has 1 fully saturated rings. The van der Waals surface area contributed by atoms with Crippen molar-refractivity contribution in [1.29, 1.82) is 0 Å². The largest absolute Gasteiger partial charge is 0.360 e. The summed E-state index contributed by atoms with van der Waals surface area (Å²) in [5.41, 5.74) is 2.91. The lowest BCUT2D eigenvalue weighted by Gasteiger charge is -2.22. The van der Waals surface area contributed by atoms with Crippen molar-refractivity contribution < 1.29 is 0 Å². The first-order chi connectivity index (χ1) is 7.84. The van der Waals surface area contributed by atoms with Crippen LogP contribution < -0.4 is 10.9 Å². The molecule has 0 radical (unpaired) electrons. The Morgan fingerprint density at radius 2 is 2.00 bits per heavy atom. The quantitative estimate of drug-likeness (QED) is 0.674. The fourth-order valence-electron chi connectivity index (χ4n) is 2.46. The Balaban J connectivity index is 2.07. The number of nitrogens with one attached hydrogen (secondary N) is 3. The van der Waals surface area contributed by atoms with Gasteiger partial charge in [-0.25, -0.2) is 0 Å². The van der Waals surface area contributed by atoms with Crippen molar-refractivity contribution >= 4 is 11.0 Å². The first kappa shape index (κ1) is 9.66. The van der Waals surface area contributed by atoms with E-state index < -0.39 is 0 Å². The smallest absolute Gasteiger partial charge is 0.252 e. The maximum absolute atomic E-state index is 11.9. The van der Waals surface area contributed by atoms with Crippen molar-refractivity contribution in [2.45, 2.75) is 18.8 Å². The van der Waals surface area contributed by atoms with Gasteiger partial charge in [0, 0.05) is 11.8 Å². The third-order valence-corrected chi connectivity index (χ3v) is 3.37. The molecule has 0 aliphatic carbocycles. The van der Waals surface area contributed by atoms with Crippen molar-refractivity contribution in [2.24, 2.45) is 0 Å². The first-order valence-electron chi connectivity index (χ1n) is 5.75. The van der Waals surface area contributed by atoms with Gasteiger partial charge in [-0.1, -0.05) is 0 Å². The summed E-state index contributed by atoms with van der Waals surface area (Å²) in [6.45, 7) is 2.01. The molecule has 0 atom stereocenters. The Labute approximate surface area is 93.1 Å². The summed E-state index contributed by atoms with van der Waals surface area (Å²) in [6.07, 6.45) is 3.96. The molecule has 3 N–H and O–H groups in total. The van der Waals surface area contributed by atoms with Crippen LogP contribution in [0.15, 0.2) is 23.1 Å². The summed E-state index contributed by atoms with van der Waals surface area (Å²) in [5, 5.41) is 3.32. The van der Waals surface area contributed by atoms with Gasteiger partial charge in [-0.3, -0.25) is 4.79 Å². The number of hydrogen-bond donors (Lipinski definition) is 3. The molecular formula is C12H15N3O. The summed E-state index contributed by atoms with van der Waals surface area (Å²) in [4.78, 5) is 18.0. The van der Waals surface area contributed by atoms with Crippen molar-refractivity contribution in [1.82, 2.24) is 15.3 Å². The lowest BCUT2D eigenvalue weighted by atomic mass is 9.91. The van der Waals surface area contributed by atoms with Crippen LogP contribution in [0.4, 0.5) is 0 Å². The van der Waals surface area contributed by atoms with Crippen LogP contribution in [0.5, 0.6) is 0 Å². The number of aromatic nitrogens is 2. The molecule has 0 saturated carbocycles. The summed E-state index contributed by atoms with van der Waals surface area (Å²) in [5.74, 6) is 0.401. The predicted molar refractivity (Wildman–Crippen MR) is 63.8 cm³/mol. The van der Waals surface area contributed by atoms with Gasteiger partial charge < -0.3 is 15.3 Å². The van der Waals surface area contributed by atoms with Gasteiger partial charge >= 0.3 is 0 Å². The molecule has 16 heavy (non-hydrogen) atoms. The van der Waals surface area contributed by atoms with E-state index in [2.05, 4.69) is 15.3 Å². The van der Waals surface area contributed by atoms with E-state index in [4.69, 9.17) is 0 Å². The van der Waals surface area contributed by atoms with Crippen LogP contribution in [-0.4, -0.2) is 23.1 Å². The molecule has 2 aromatic rings. The van der Waals surface area contributed by atoms with Crippen LogP contribution in [0, 0.1) is 0 Å². The molecule has 84 valence electrons. The zero-order chi connectivity index (χ0) is 11.0. The second kappa shape index (κ2) is 3.79. The maximum atomic E-state index is 11.9. The van der Waals surface area contributed by atoms with E-state index in [1.54, 1.807) is 0 Å². The summed E-state index contributed by atoms with van der Waals surface area (Å²) >= 11 is 0. The second-order valence-electron chi connectivity index (χ2n) is 4.38. The van der Waals surface area contributed by atoms with E-state index >= 15 is 0 Å². The number of fused-ring (bicyclic) bond motifs is 1. The highest BCUT2D eigenvalue weighted by Crippen LogP contribution is 2.23. The molecule has 0 aromatic carbocycles. The van der Waals surface area contributed by atoms with Crippen LogP contribution in [0.25, 0.3) is 11.0 Å². The number of hydrogen-bond acceptors (Lipinski definition) is 2. The molecule has 3 rings (SSSR count). The van der Waals surface area contributed by atoms with Gasteiger partial charge in [-0.2, -0.15) is 0 Å². The molecule has 0 spiro atoms. The zero-order valence-electron chi connectivity index (χ0n) is 9.05. The van der Waals surface area contributed by atoms with Gasteiger partial charge in [0.25, 0.3) is 5.56 Å². The molecule has 1 aliphatic heterocycles. The minimum Gasteiger partial charge on any atom is -0.360 e. The molecule has 4 heteroatoms. The lowest BCUT2D eigenvalue weighted by molar-refractivity contribution is 0.458. The normalized spacial score (nSPS) is 18.0. The van der Waals surface area contributed by atoms with Gasteiger partial charge in [-0.05, 0) is 44.0 Å². The molecular weight excluding hydrogens is 202 g/mol. The van der Waals surface area contributed by atoms with E-state index in [-0.39, 0.29) is 5.56 Å².